The molecule has 0 atom stereocenters. The average Bonchev–Trinajstić information content (AvgIpc) is 3.10. The summed E-state index contributed by atoms with van der Waals surface area (Å²) < 4.78 is 5.15. The first-order valence-electron chi connectivity index (χ1n) is 9.22. The van der Waals surface area contributed by atoms with Crippen molar-refractivity contribution in [1.82, 2.24) is 9.80 Å². The van der Waals surface area contributed by atoms with Gasteiger partial charge in [0.2, 0.25) is 11.8 Å². The predicted octanol–water partition coefficient (Wildman–Crippen LogP) is 2.08. The first-order valence-corrected chi connectivity index (χ1v) is 9.22. The molecule has 3 amide bonds. The number of nitrogens with zero attached hydrogens (tertiary/aromatic N) is 2. The molecule has 1 fully saturated rings. The third kappa shape index (κ3) is 5.12. The second-order valence-electron chi connectivity index (χ2n) is 6.60. The molecule has 8 nitrogen and oxygen atoms in total. The Labute approximate surface area is 162 Å². The molecule has 0 spiro atoms. The first kappa shape index (κ1) is 19.5. The fourth-order valence-corrected chi connectivity index (χ4v) is 3.11. The Kier molecular flexibility index (Phi) is 6.31. The lowest BCUT2D eigenvalue weighted by Crippen LogP contribution is -2.37. The van der Waals surface area contributed by atoms with Gasteiger partial charge in [0.25, 0.3) is 5.91 Å². The van der Waals surface area contributed by atoms with E-state index >= 15 is 0 Å². The summed E-state index contributed by atoms with van der Waals surface area (Å²) in [7, 11) is 0. The highest BCUT2D eigenvalue weighted by atomic mass is 16.3. The number of aromatic hydroxyl groups is 1. The number of furan rings is 1. The van der Waals surface area contributed by atoms with Crippen LogP contribution in [0, 0.1) is 0 Å². The quantitative estimate of drug-likeness (QED) is 0.820. The van der Waals surface area contributed by atoms with Crippen molar-refractivity contribution in [1.29, 1.82) is 0 Å². The molecular formula is C20H23N3O5. The van der Waals surface area contributed by atoms with Crippen LogP contribution in [0.3, 0.4) is 0 Å². The van der Waals surface area contributed by atoms with Crippen molar-refractivity contribution in [2.75, 3.05) is 31.5 Å². The van der Waals surface area contributed by atoms with Gasteiger partial charge in [-0.15, -0.1) is 0 Å². The number of anilines is 1. The molecule has 2 heterocycles. The van der Waals surface area contributed by atoms with Gasteiger partial charge >= 0.3 is 0 Å². The molecule has 0 unspecified atom stereocenters. The van der Waals surface area contributed by atoms with Crippen LogP contribution in [0.2, 0.25) is 0 Å². The van der Waals surface area contributed by atoms with Gasteiger partial charge in [0.15, 0.2) is 5.76 Å². The summed E-state index contributed by atoms with van der Waals surface area (Å²) in [6.45, 7) is 1.97. The molecule has 3 rings (SSSR count). The smallest absolute Gasteiger partial charge is 0.289 e. The van der Waals surface area contributed by atoms with Gasteiger partial charge in [-0.1, -0.05) is 6.07 Å². The Hall–Kier alpha value is -3.29. The maximum atomic E-state index is 12.5. The standard InChI is InChI=1S/C20H23N3O5/c24-16-5-1-4-15(14-16)21-18(25)7-8-19(26)22-9-3-10-23(12-11-22)20(27)17-6-2-13-28-17/h1-2,4-6,13-14,24H,3,7-12H2,(H,21,25). The highest BCUT2D eigenvalue weighted by Crippen LogP contribution is 2.16. The van der Waals surface area contributed by atoms with Crippen LogP contribution in [0.25, 0.3) is 0 Å². The van der Waals surface area contributed by atoms with Crippen LogP contribution in [0.1, 0.15) is 29.8 Å². The third-order valence-electron chi connectivity index (χ3n) is 4.56. The average molecular weight is 385 g/mol. The van der Waals surface area contributed by atoms with E-state index in [9.17, 15) is 19.5 Å². The number of hydrogen-bond acceptors (Lipinski definition) is 5. The number of nitrogens with one attached hydrogen (secondary N) is 1. The van der Waals surface area contributed by atoms with E-state index in [0.29, 0.717) is 44.0 Å². The molecular weight excluding hydrogens is 362 g/mol. The number of benzene rings is 1. The molecule has 1 aromatic heterocycles. The van der Waals surface area contributed by atoms with Crippen molar-refractivity contribution in [2.45, 2.75) is 19.3 Å². The molecule has 0 radical (unpaired) electrons. The van der Waals surface area contributed by atoms with Gasteiger partial charge in [-0.05, 0) is 30.7 Å². The van der Waals surface area contributed by atoms with Crippen LogP contribution in [0.4, 0.5) is 5.69 Å². The Balaban J connectivity index is 1.45. The number of carbonyl (C=O) groups excluding carboxylic acids is 3. The van der Waals surface area contributed by atoms with Gasteiger partial charge in [-0.3, -0.25) is 14.4 Å². The Bertz CT molecular complexity index is 834. The molecule has 8 heteroatoms. The van der Waals surface area contributed by atoms with E-state index in [1.54, 1.807) is 34.1 Å². The summed E-state index contributed by atoms with van der Waals surface area (Å²) in [5, 5.41) is 12.1. The number of amides is 3. The summed E-state index contributed by atoms with van der Waals surface area (Å²) in [5.74, 6) is -0.220. The Morgan fingerprint density at radius 1 is 1.00 bits per heavy atom. The summed E-state index contributed by atoms with van der Waals surface area (Å²) in [5.41, 5.74) is 0.485. The molecule has 0 saturated carbocycles. The molecule has 0 bridgehead atoms. The lowest BCUT2D eigenvalue weighted by molar-refractivity contribution is -0.132. The molecule has 0 aliphatic carbocycles. The van der Waals surface area contributed by atoms with Gasteiger partial charge < -0.3 is 24.6 Å². The van der Waals surface area contributed by atoms with Gasteiger partial charge in [0, 0.05) is 50.8 Å². The number of phenolic OH excluding ortho intramolecular Hbond substituents is 1. The van der Waals surface area contributed by atoms with Gasteiger partial charge in [-0.2, -0.15) is 0 Å². The van der Waals surface area contributed by atoms with E-state index < -0.39 is 0 Å². The van der Waals surface area contributed by atoms with Crippen LogP contribution < -0.4 is 5.32 Å². The van der Waals surface area contributed by atoms with Crippen molar-refractivity contribution in [2.24, 2.45) is 0 Å². The maximum Gasteiger partial charge on any atom is 0.289 e. The lowest BCUT2D eigenvalue weighted by atomic mass is 10.2. The van der Waals surface area contributed by atoms with Crippen LogP contribution in [-0.2, 0) is 9.59 Å². The molecule has 1 aromatic carbocycles. The van der Waals surface area contributed by atoms with Crippen molar-refractivity contribution >= 4 is 23.4 Å². The molecule has 148 valence electrons. The first-order chi connectivity index (χ1) is 13.5. The second kappa shape index (κ2) is 9.07. The lowest BCUT2D eigenvalue weighted by Gasteiger charge is -2.21. The van der Waals surface area contributed by atoms with E-state index in [1.807, 2.05) is 0 Å². The molecule has 1 aliphatic heterocycles. The molecule has 1 saturated heterocycles. The summed E-state index contributed by atoms with van der Waals surface area (Å²) >= 11 is 0. The number of hydrogen-bond donors (Lipinski definition) is 2. The highest BCUT2D eigenvalue weighted by molar-refractivity contribution is 5.93. The zero-order chi connectivity index (χ0) is 19.9. The van der Waals surface area contributed by atoms with Crippen LogP contribution in [0.15, 0.2) is 47.1 Å². The summed E-state index contributed by atoms with van der Waals surface area (Å²) in [6.07, 6.45) is 2.28. The number of carbonyl (C=O) groups is 3. The monoisotopic (exact) mass is 385 g/mol. The van der Waals surface area contributed by atoms with E-state index in [1.165, 1.54) is 18.4 Å². The van der Waals surface area contributed by atoms with Gasteiger partial charge in [-0.25, -0.2) is 0 Å². The molecule has 28 heavy (non-hydrogen) atoms. The van der Waals surface area contributed by atoms with Crippen molar-refractivity contribution in [3.63, 3.8) is 0 Å². The summed E-state index contributed by atoms with van der Waals surface area (Å²) in [4.78, 5) is 40.2. The SMILES string of the molecule is O=C(CCC(=O)N1CCCN(C(=O)c2ccco2)CC1)Nc1cccc(O)c1. The minimum Gasteiger partial charge on any atom is -0.508 e. The van der Waals surface area contributed by atoms with Crippen LogP contribution in [-0.4, -0.2) is 58.8 Å². The zero-order valence-corrected chi connectivity index (χ0v) is 15.5. The third-order valence-corrected chi connectivity index (χ3v) is 4.56. The van der Waals surface area contributed by atoms with Crippen LogP contribution in [0.5, 0.6) is 5.75 Å². The largest absolute Gasteiger partial charge is 0.508 e. The molecule has 2 aromatic rings. The minimum absolute atomic E-state index is 0.0556. The van der Waals surface area contributed by atoms with Crippen molar-refractivity contribution < 1.29 is 23.9 Å². The van der Waals surface area contributed by atoms with Crippen molar-refractivity contribution in [3.05, 3.63) is 48.4 Å². The molecule has 1 aliphatic rings. The Morgan fingerprint density at radius 2 is 1.79 bits per heavy atom. The van der Waals surface area contributed by atoms with Crippen LogP contribution >= 0.6 is 0 Å². The predicted molar refractivity (Wildman–Crippen MR) is 102 cm³/mol. The highest BCUT2D eigenvalue weighted by Gasteiger charge is 2.24. The fraction of sp³-hybridized carbons (Fsp3) is 0.350. The Morgan fingerprint density at radius 3 is 2.54 bits per heavy atom. The molecule has 2 N–H and O–H groups in total. The minimum atomic E-state index is -0.289. The van der Waals surface area contributed by atoms with Gasteiger partial charge in [0.05, 0.1) is 6.26 Å². The number of rotatable bonds is 5. The van der Waals surface area contributed by atoms with E-state index in [2.05, 4.69) is 5.32 Å². The van der Waals surface area contributed by atoms with E-state index in [4.69, 9.17) is 4.42 Å². The second-order valence-corrected chi connectivity index (χ2v) is 6.60. The summed E-state index contributed by atoms with van der Waals surface area (Å²) in [6, 6.07) is 9.55. The van der Waals surface area contributed by atoms with Crippen molar-refractivity contribution in [3.8, 4) is 5.75 Å². The topological polar surface area (TPSA) is 103 Å². The van der Waals surface area contributed by atoms with Gasteiger partial charge in [0.1, 0.15) is 5.75 Å². The normalized spacial score (nSPS) is 14.4. The number of phenols is 1. The fourth-order valence-electron chi connectivity index (χ4n) is 3.11. The van der Waals surface area contributed by atoms with E-state index in [-0.39, 0.29) is 36.3 Å². The zero-order valence-electron chi connectivity index (χ0n) is 15.5. The van der Waals surface area contributed by atoms with E-state index in [0.717, 1.165) is 0 Å². The maximum absolute atomic E-state index is 12.5.